The number of nitrogens with one attached hydrogen (secondary N) is 1. The van der Waals surface area contributed by atoms with Crippen molar-refractivity contribution in [3.05, 3.63) is 88.9 Å². The van der Waals surface area contributed by atoms with Crippen LogP contribution in [0.4, 0.5) is 11.4 Å². The van der Waals surface area contributed by atoms with Crippen LogP contribution in [0.5, 0.6) is 5.75 Å². The van der Waals surface area contributed by atoms with Crippen molar-refractivity contribution in [2.75, 3.05) is 29.6 Å². The van der Waals surface area contributed by atoms with E-state index in [1.807, 2.05) is 0 Å². The Morgan fingerprint density at radius 3 is 2.21 bits per heavy atom. The number of nitrogens with zero attached hydrogens (tertiary/aromatic N) is 1. The second-order valence-corrected chi connectivity index (χ2v) is 9.57. The minimum absolute atomic E-state index is 0.0793. The molecule has 3 aromatic carbocycles. The molecule has 3 aromatic rings. The quantitative estimate of drug-likeness (QED) is 0.442. The highest BCUT2D eigenvalue weighted by molar-refractivity contribution is 7.92. The van der Waals surface area contributed by atoms with E-state index >= 15 is 0 Å². The maximum atomic E-state index is 12.4. The van der Waals surface area contributed by atoms with Crippen molar-refractivity contribution in [2.24, 2.45) is 0 Å². The number of carbonyl (C=O) groups is 2. The first-order valence-electron chi connectivity index (χ1n) is 10.1. The van der Waals surface area contributed by atoms with Gasteiger partial charge in [-0.05, 0) is 60.2 Å². The SMILES string of the molecule is COC(=O)c1ccc(NC(=O)COc2ccc(N(Cc3ccccc3Cl)S(C)(=O)=O)cc2)cc1. The van der Waals surface area contributed by atoms with Crippen molar-refractivity contribution in [1.29, 1.82) is 0 Å². The molecule has 0 radical (unpaired) electrons. The van der Waals surface area contributed by atoms with E-state index in [-0.39, 0.29) is 13.2 Å². The first-order chi connectivity index (χ1) is 16.2. The minimum Gasteiger partial charge on any atom is -0.484 e. The first kappa shape index (κ1) is 25.1. The summed E-state index contributed by atoms with van der Waals surface area (Å²) in [5, 5.41) is 3.14. The van der Waals surface area contributed by atoms with Crippen LogP contribution in [0, 0.1) is 0 Å². The molecule has 0 bridgehead atoms. The van der Waals surface area contributed by atoms with E-state index in [0.29, 0.717) is 33.3 Å². The average Bonchev–Trinajstić information content (AvgIpc) is 2.82. The van der Waals surface area contributed by atoms with Crippen LogP contribution >= 0.6 is 11.6 Å². The van der Waals surface area contributed by atoms with Crippen molar-refractivity contribution in [2.45, 2.75) is 6.54 Å². The summed E-state index contributed by atoms with van der Waals surface area (Å²) in [7, 11) is -2.28. The molecule has 0 atom stereocenters. The van der Waals surface area contributed by atoms with Gasteiger partial charge in [-0.25, -0.2) is 13.2 Å². The van der Waals surface area contributed by atoms with Crippen molar-refractivity contribution in [3.8, 4) is 5.75 Å². The number of hydrogen-bond acceptors (Lipinski definition) is 6. The van der Waals surface area contributed by atoms with Crippen LogP contribution < -0.4 is 14.4 Å². The lowest BCUT2D eigenvalue weighted by molar-refractivity contribution is -0.118. The van der Waals surface area contributed by atoms with E-state index in [2.05, 4.69) is 10.1 Å². The van der Waals surface area contributed by atoms with Crippen LogP contribution in [0.1, 0.15) is 15.9 Å². The Morgan fingerprint density at radius 1 is 0.971 bits per heavy atom. The van der Waals surface area contributed by atoms with Crippen LogP contribution in [-0.2, 0) is 26.1 Å². The Labute approximate surface area is 203 Å². The second-order valence-electron chi connectivity index (χ2n) is 7.26. The van der Waals surface area contributed by atoms with Gasteiger partial charge in [0.1, 0.15) is 5.75 Å². The average molecular weight is 503 g/mol. The molecule has 0 fully saturated rings. The van der Waals surface area contributed by atoms with Crippen LogP contribution in [0.2, 0.25) is 5.02 Å². The zero-order valence-electron chi connectivity index (χ0n) is 18.5. The number of ether oxygens (including phenoxy) is 2. The number of benzene rings is 3. The summed E-state index contributed by atoms with van der Waals surface area (Å²) in [6.45, 7) is -0.177. The van der Waals surface area contributed by atoms with E-state index in [4.69, 9.17) is 16.3 Å². The number of amides is 1. The number of methoxy groups -OCH3 is 1. The van der Waals surface area contributed by atoms with Crippen molar-refractivity contribution >= 4 is 44.9 Å². The van der Waals surface area contributed by atoms with E-state index in [1.165, 1.54) is 23.5 Å². The second kappa shape index (κ2) is 11.0. The van der Waals surface area contributed by atoms with Gasteiger partial charge in [0.05, 0.1) is 31.2 Å². The van der Waals surface area contributed by atoms with Gasteiger partial charge in [0.2, 0.25) is 10.0 Å². The standard InChI is InChI=1S/C24H23ClN2O6S/c1-32-24(29)17-7-9-19(10-8-17)26-23(28)16-33-21-13-11-20(12-14-21)27(34(2,30)31)15-18-5-3-4-6-22(18)25/h3-14H,15-16H2,1-2H3,(H,26,28). The number of sulfonamides is 1. The molecule has 0 spiro atoms. The Hall–Kier alpha value is -3.56. The molecule has 0 unspecified atom stereocenters. The molecule has 178 valence electrons. The summed E-state index contributed by atoms with van der Waals surface area (Å²) >= 11 is 6.19. The lowest BCUT2D eigenvalue weighted by Crippen LogP contribution is -2.29. The Morgan fingerprint density at radius 2 is 1.62 bits per heavy atom. The van der Waals surface area contributed by atoms with Crippen molar-refractivity contribution in [1.82, 2.24) is 0 Å². The van der Waals surface area contributed by atoms with E-state index in [1.54, 1.807) is 60.7 Å². The number of anilines is 2. The number of hydrogen-bond donors (Lipinski definition) is 1. The van der Waals surface area contributed by atoms with Crippen LogP contribution in [0.3, 0.4) is 0 Å². The van der Waals surface area contributed by atoms with Crippen LogP contribution in [-0.4, -0.2) is 40.3 Å². The normalized spacial score (nSPS) is 10.9. The van der Waals surface area contributed by atoms with Gasteiger partial charge in [-0.2, -0.15) is 0 Å². The summed E-state index contributed by atoms with van der Waals surface area (Å²) < 4.78 is 36.1. The Balaban J connectivity index is 1.61. The molecule has 1 N–H and O–H groups in total. The number of halogens is 1. The third-order valence-corrected chi connectivity index (χ3v) is 6.27. The van der Waals surface area contributed by atoms with Gasteiger partial charge >= 0.3 is 5.97 Å². The Bertz CT molecular complexity index is 1260. The summed E-state index contributed by atoms with van der Waals surface area (Å²) in [6.07, 6.45) is 1.12. The molecule has 0 aliphatic heterocycles. The zero-order chi connectivity index (χ0) is 24.7. The van der Waals surface area contributed by atoms with Gasteiger partial charge in [0.15, 0.2) is 6.61 Å². The van der Waals surface area contributed by atoms with Gasteiger partial charge in [-0.15, -0.1) is 0 Å². The predicted octanol–water partition coefficient (Wildman–Crippen LogP) is 4.11. The van der Waals surface area contributed by atoms with Gasteiger partial charge in [0, 0.05) is 10.7 Å². The van der Waals surface area contributed by atoms with Crippen molar-refractivity contribution < 1.29 is 27.5 Å². The number of carbonyl (C=O) groups excluding carboxylic acids is 2. The molecule has 3 rings (SSSR count). The maximum Gasteiger partial charge on any atom is 0.337 e. The van der Waals surface area contributed by atoms with E-state index < -0.39 is 21.9 Å². The van der Waals surface area contributed by atoms with Crippen molar-refractivity contribution in [3.63, 3.8) is 0 Å². The van der Waals surface area contributed by atoms with Gasteiger partial charge in [0.25, 0.3) is 5.91 Å². The molecular weight excluding hydrogens is 480 g/mol. The van der Waals surface area contributed by atoms with Crippen LogP contribution in [0.25, 0.3) is 0 Å². The largest absolute Gasteiger partial charge is 0.484 e. The molecule has 0 aliphatic rings. The molecule has 10 heteroatoms. The number of esters is 1. The van der Waals surface area contributed by atoms with E-state index in [0.717, 1.165) is 6.26 Å². The van der Waals surface area contributed by atoms with E-state index in [9.17, 15) is 18.0 Å². The summed E-state index contributed by atoms with van der Waals surface area (Å²) in [5.74, 6) is -0.469. The molecule has 34 heavy (non-hydrogen) atoms. The molecule has 0 aromatic heterocycles. The van der Waals surface area contributed by atoms with Gasteiger partial charge < -0.3 is 14.8 Å². The molecule has 1 amide bonds. The summed E-state index contributed by atoms with van der Waals surface area (Å²) in [6, 6.07) is 19.6. The molecule has 0 heterocycles. The maximum absolute atomic E-state index is 12.4. The van der Waals surface area contributed by atoms with Gasteiger partial charge in [-0.1, -0.05) is 29.8 Å². The van der Waals surface area contributed by atoms with Crippen LogP contribution in [0.15, 0.2) is 72.8 Å². The predicted molar refractivity (Wildman–Crippen MR) is 131 cm³/mol. The third kappa shape index (κ3) is 6.72. The smallest absolute Gasteiger partial charge is 0.337 e. The minimum atomic E-state index is -3.58. The lowest BCUT2D eigenvalue weighted by Gasteiger charge is -2.23. The fraction of sp³-hybridized carbons (Fsp3) is 0.167. The molecular formula is C24H23ClN2O6S. The summed E-state index contributed by atoms with van der Waals surface area (Å²) in [4.78, 5) is 23.6. The molecule has 0 saturated carbocycles. The van der Waals surface area contributed by atoms with Gasteiger partial charge in [-0.3, -0.25) is 9.10 Å². The number of rotatable bonds is 9. The molecule has 0 aliphatic carbocycles. The highest BCUT2D eigenvalue weighted by Crippen LogP contribution is 2.26. The Kier molecular flexibility index (Phi) is 8.14. The molecule has 0 saturated heterocycles. The fourth-order valence-corrected chi connectivity index (χ4v) is 4.12. The highest BCUT2D eigenvalue weighted by Gasteiger charge is 2.19. The fourth-order valence-electron chi connectivity index (χ4n) is 3.04. The zero-order valence-corrected chi connectivity index (χ0v) is 20.1. The topological polar surface area (TPSA) is 102 Å². The molecule has 8 nitrogen and oxygen atoms in total. The monoisotopic (exact) mass is 502 g/mol. The first-order valence-corrected chi connectivity index (χ1v) is 12.3. The lowest BCUT2D eigenvalue weighted by atomic mass is 10.2. The summed E-state index contributed by atoms with van der Waals surface area (Å²) in [5.41, 5.74) is 1.98. The highest BCUT2D eigenvalue weighted by atomic mass is 35.5. The third-order valence-electron chi connectivity index (χ3n) is 4.76.